The fourth-order valence-corrected chi connectivity index (χ4v) is 4.32. The molecule has 1 fully saturated rings. The number of rotatable bonds is 8. The highest BCUT2D eigenvalue weighted by Crippen LogP contribution is 2.46. The fraction of sp³-hybridized carbons (Fsp3) is 0.259. The van der Waals surface area contributed by atoms with Gasteiger partial charge in [-0.25, -0.2) is 0 Å². The Morgan fingerprint density at radius 1 is 0.970 bits per heavy atom. The van der Waals surface area contributed by atoms with Gasteiger partial charge in [0.1, 0.15) is 11.5 Å². The smallest absolute Gasteiger partial charge is 0.308 e. The standard InChI is InChI=1S/C27H27NO5/c1-18(29)33-23-12-8-20(9-13-23)26-24(16-17-25(30)19-6-4-3-5-7-19)27(31)28(26)21-10-14-22(32-2)15-11-21/h3-15,24-26,30H,16-17H2,1-2H3/t24?,25-,26?/m1/s1. The van der Waals surface area contributed by atoms with E-state index in [1.54, 1.807) is 24.1 Å². The summed E-state index contributed by atoms with van der Waals surface area (Å²) in [6.45, 7) is 1.36. The minimum Gasteiger partial charge on any atom is -0.497 e. The molecular formula is C27H27NO5. The van der Waals surface area contributed by atoms with Crippen LogP contribution >= 0.6 is 0 Å². The normalized spacial score (nSPS) is 18.4. The number of esters is 1. The minimum atomic E-state index is -0.624. The predicted octanol–water partition coefficient (Wildman–Crippen LogP) is 4.84. The molecule has 33 heavy (non-hydrogen) atoms. The second-order valence-corrected chi connectivity index (χ2v) is 8.12. The van der Waals surface area contributed by atoms with E-state index in [9.17, 15) is 14.7 Å². The van der Waals surface area contributed by atoms with Crippen molar-refractivity contribution >= 4 is 17.6 Å². The molecule has 0 radical (unpaired) electrons. The van der Waals surface area contributed by atoms with Crippen LogP contribution in [0.1, 0.15) is 43.0 Å². The lowest BCUT2D eigenvalue weighted by Gasteiger charge is -2.48. The van der Waals surface area contributed by atoms with Crippen LogP contribution in [0.4, 0.5) is 5.69 Å². The molecule has 0 spiro atoms. The summed E-state index contributed by atoms with van der Waals surface area (Å²) < 4.78 is 10.4. The van der Waals surface area contributed by atoms with Crippen LogP contribution < -0.4 is 14.4 Å². The number of hydrogen-bond acceptors (Lipinski definition) is 5. The molecule has 1 aliphatic rings. The number of anilines is 1. The van der Waals surface area contributed by atoms with Crippen molar-refractivity contribution in [2.45, 2.75) is 31.9 Å². The SMILES string of the molecule is COc1ccc(N2C(=O)C(CC[C@@H](O)c3ccccc3)C2c2ccc(OC(C)=O)cc2)cc1. The first-order valence-corrected chi connectivity index (χ1v) is 11.0. The Hall–Kier alpha value is -3.64. The van der Waals surface area contributed by atoms with Gasteiger partial charge in [-0.3, -0.25) is 9.59 Å². The van der Waals surface area contributed by atoms with Crippen LogP contribution in [0.5, 0.6) is 11.5 Å². The second kappa shape index (κ2) is 9.88. The summed E-state index contributed by atoms with van der Waals surface area (Å²) in [6, 6.07) is 23.9. The van der Waals surface area contributed by atoms with Gasteiger partial charge in [-0.15, -0.1) is 0 Å². The number of amides is 1. The van der Waals surface area contributed by atoms with E-state index in [2.05, 4.69) is 0 Å². The Morgan fingerprint density at radius 3 is 2.21 bits per heavy atom. The summed E-state index contributed by atoms with van der Waals surface area (Å²) in [6.07, 6.45) is 0.414. The molecule has 3 aromatic rings. The lowest BCUT2D eigenvalue weighted by molar-refractivity contribution is -0.132. The van der Waals surface area contributed by atoms with E-state index in [0.717, 1.165) is 22.6 Å². The molecule has 170 valence electrons. The Labute approximate surface area is 193 Å². The number of methoxy groups -OCH3 is 1. The first-order chi connectivity index (χ1) is 16.0. The van der Waals surface area contributed by atoms with Crippen molar-refractivity contribution in [3.8, 4) is 11.5 Å². The van der Waals surface area contributed by atoms with E-state index in [1.807, 2.05) is 66.7 Å². The van der Waals surface area contributed by atoms with Crippen molar-refractivity contribution in [3.63, 3.8) is 0 Å². The van der Waals surface area contributed by atoms with E-state index >= 15 is 0 Å². The maximum absolute atomic E-state index is 13.2. The fourth-order valence-electron chi connectivity index (χ4n) is 4.32. The molecule has 6 heteroatoms. The number of benzene rings is 3. The van der Waals surface area contributed by atoms with E-state index in [0.29, 0.717) is 18.6 Å². The number of carbonyl (C=O) groups is 2. The summed E-state index contributed by atoms with van der Waals surface area (Å²) in [7, 11) is 1.60. The van der Waals surface area contributed by atoms with Gasteiger partial charge in [0.05, 0.1) is 25.2 Å². The third-order valence-corrected chi connectivity index (χ3v) is 5.98. The van der Waals surface area contributed by atoms with Gasteiger partial charge in [0.15, 0.2) is 0 Å². The predicted molar refractivity (Wildman–Crippen MR) is 125 cm³/mol. The van der Waals surface area contributed by atoms with E-state index < -0.39 is 6.10 Å². The maximum atomic E-state index is 13.2. The summed E-state index contributed by atoms with van der Waals surface area (Å²) in [5.74, 6) is 0.564. The number of aliphatic hydroxyl groups is 1. The van der Waals surface area contributed by atoms with Gasteiger partial charge in [-0.05, 0) is 60.4 Å². The zero-order chi connectivity index (χ0) is 23.4. The monoisotopic (exact) mass is 445 g/mol. The van der Waals surface area contributed by atoms with E-state index in [-0.39, 0.29) is 23.8 Å². The van der Waals surface area contributed by atoms with Crippen molar-refractivity contribution in [2.75, 3.05) is 12.0 Å². The van der Waals surface area contributed by atoms with Crippen molar-refractivity contribution < 1.29 is 24.2 Å². The number of ether oxygens (including phenoxy) is 2. The number of aliphatic hydroxyl groups excluding tert-OH is 1. The number of carbonyl (C=O) groups excluding carboxylic acids is 2. The lowest BCUT2D eigenvalue weighted by Crippen LogP contribution is -2.55. The molecule has 1 heterocycles. The summed E-state index contributed by atoms with van der Waals surface area (Å²) in [5.41, 5.74) is 2.58. The highest BCUT2D eigenvalue weighted by Gasteiger charge is 2.48. The molecule has 1 saturated heterocycles. The van der Waals surface area contributed by atoms with Gasteiger partial charge in [0.25, 0.3) is 0 Å². The Kier molecular flexibility index (Phi) is 6.75. The van der Waals surface area contributed by atoms with Gasteiger partial charge in [0, 0.05) is 12.6 Å². The molecule has 0 saturated carbocycles. The molecule has 0 bridgehead atoms. The third-order valence-electron chi connectivity index (χ3n) is 5.98. The first kappa shape index (κ1) is 22.6. The summed E-state index contributed by atoms with van der Waals surface area (Å²) >= 11 is 0. The summed E-state index contributed by atoms with van der Waals surface area (Å²) in [4.78, 5) is 26.2. The number of β-lactam (4-membered cyclic amide) rings is 1. The van der Waals surface area contributed by atoms with Gasteiger partial charge in [0.2, 0.25) is 5.91 Å². The summed E-state index contributed by atoms with van der Waals surface area (Å²) in [5, 5.41) is 10.6. The van der Waals surface area contributed by atoms with Crippen molar-refractivity contribution in [1.29, 1.82) is 0 Å². The lowest BCUT2D eigenvalue weighted by atomic mass is 9.78. The highest BCUT2D eigenvalue weighted by molar-refractivity contribution is 6.03. The average molecular weight is 446 g/mol. The maximum Gasteiger partial charge on any atom is 0.308 e. The Morgan fingerprint density at radius 2 is 1.61 bits per heavy atom. The second-order valence-electron chi connectivity index (χ2n) is 8.12. The molecule has 4 rings (SSSR count). The van der Waals surface area contributed by atoms with Crippen molar-refractivity contribution in [3.05, 3.63) is 90.0 Å². The number of nitrogens with zero attached hydrogens (tertiary/aromatic N) is 1. The minimum absolute atomic E-state index is 0.0227. The zero-order valence-corrected chi connectivity index (χ0v) is 18.7. The largest absolute Gasteiger partial charge is 0.497 e. The van der Waals surface area contributed by atoms with Crippen LogP contribution in [0.2, 0.25) is 0 Å². The molecule has 2 unspecified atom stereocenters. The molecule has 1 amide bonds. The topological polar surface area (TPSA) is 76.1 Å². The van der Waals surface area contributed by atoms with Gasteiger partial charge < -0.3 is 19.5 Å². The van der Waals surface area contributed by atoms with Gasteiger partial charge in [-0.1, -0.05) is 42.5 Å². The van der Waals surface area contributed by atoms with Gasteiger partial charge >= 0.3 is 5.97 Å². The highest BCUT2D eigenvalue weighted by atomic mass is 16.5. The van der Waals surface area contributed by atoms with Gasteiger partial charge in [-0.2, -0.15) is 0 Å². The van der Waals surface area contributed by atoms with Crippen molar-refractivity contribution in [1.82, 2.24) is 0 Å². The van der Waals surface area contributed by atoms with Crippen LogP contribution in [0.3, 0.4) is 0 Å². The molecular weight excluding hydrogens is 418 g/mol. The molecule has 0 aliphatic carbocycles. The van der Waals surface area contributed by atoms with Crippen LogP contribution in [0, 0.1) is 5.92 Å². The van der Waals surface area contributed by atoms with Crippen LogP contribution in [0.25, 0.3) is 0 Å². The average Bonchev–Trinajstić information content (AvgIpc) is 2.83. The van der Waals surface area contributed by atoms with E-state index in [1.165, 1.54) is 6.92 Å². The van der Waals surface area contributed by atoms with Crippen LogP contribution in [0.15, 0.2) is 78.9 Å². The molecule has 1 aliphatic heterocycles. The number of hydrogen-bond donors (Lipinski definition) is 1. The van der Waals surface area contributed by atoms with Crippen LogP contribution in [-0.4, -0.2) is 24.1 Å². The van der Waals surface area contributed by atoms with Crippen molar-refractivity contribution in [2.24, 2.45) is 5.92 Å². The molecule has 1 N–H and O–H groups in total. The Balaban J connectivity index is 1.56. The zero-order valence-electron chi connectivity index (χ0n) is 18.7. The molecule has 6 nitrogen and oxygen atoms in total. The van der Waals surface area contributed by atoms with E-state index in [4.69, 9.17) is 9.47 Å². The third kappa shape index (κ3) is 4.91. The Bertz CT molecular complexity index is 1100. The molecule has 3 aromatic carbocycles. The molecule has 0 aromatic heterocycles. The quantitative estimate of drug-likeness (QED) is 0.305. The van der Waals surface area contributed by atoms with Crippen LogP contribution in [-0.2, 0) is 9.59 Å². The first-order valence-electron chi connectivity index (χ1n) is 11.0. The molecule has 3 atom stereocenters.